The molecule has 3 heterocycles. The van der Waals surface area contributed by atoms with E-state index in [0.717, 1.165) is 16.0 Å². The third-order valence-corrected chi connectivity index (χ3v) is 10.2. The molecule has 2 aromatic heterocycles. The van der Waals surface area contributed by atoms with Crippen molar-refractivity contribution in [2.45, 2.75) is 32.6 Å². The maximum absolute atomic E-state index is 17.0. The van der Waals surface area contributed by atoms with E-state index in [9.17, 15) is 19.2 Å². The molecule has 0 fully saturated rings. The second-order valence-electron chi connectivity index (χ2n) is 14.0. The number of aromatic amines is 2. The number of carbonyl (C=O) groups excluding carboxylic acids is 2. The first-order valence-electron chi connectivity index (χ1n) is 18.6. The van der Waals surface area contributed by atoms with Crippen LogP contribution in [0.1, 0.15) is 48.5 Å². The van der Waals surface area contributed by atoms with E-state index in [1.54, 1.807) is 65.6 Å². The first kappa shape index (κ1) is 41.3. The molecule has 7 rings (SSSR count). The summed E-state index contributed by atoms with van der Waals surface area (Å²) in [6.07, 6.45) is -5.62. The van der Waals surface area contributed by atoms with Crippen molar-refractivity contribution in [3.63, 3.8) is 0 Å². The van der Waals surface area contributed by atoms with Crippen molar-refractivity contribution in [3.05, 3.63) is 150 Å². The van der Waals surface area contributed by atoms with E-state index < -0.39 is 80.6 Å². The van der Waals surface area contributed by atoms with E-state index in [2.05, 4.69) is 10.3 Å². The van der Waals surface area contributed by atoms with Gasteiger partial charge < -0.3 is 24.7 Å². The van der Waals surface area contributed by atoms with E-state index in [1.165, 1.54) is 39.3 Å². The zero-order valence-corrected chi connectivity index (χ0v) is 32.4. The fourth-order valence-electron chi connectivity index (χ4n) is 7.31. The highest BCUT2D eigenvalue weighted by molar-refractivity contribution is 6.21. The Labute approximate surface area is 338 Å². The number of carbonyl (C=O) groups is 2. The van der Waals surface area contributed by atoms with Crippen LogP contribution < -0.4 is 30.9 Å². The number of alkyl halides is 3. The number of anilines is 1. The van der Waals surface area contributed by atoms with Crippen LogP contribution in [0.5, 0.6) is 11.5 Å². The lowest BCUT2D eigenvalue weighted by Crippen LogP contribution is -2.36. The Balaban J connectivity index is 1.32. The molecule has 1 aliphatic rings. The number of aromatic nitrogens is 3. The lowest BCUT2D eigenvalue weighted by atomic mass is 9.92. The van der Waals surface area contributed by atoms with Crippen molar-refractivity contribution in [3.8, 4) is 22.8 Å². The SMILES string of the molecule is COc1ccc(CN(Cc2ccc(OC)cc2)c2cc(C)c(C(F)(F)F)c(-c3c(CCNCCN4C(=O)c5ccccc5C4=O)c(F)c4c(=O)[nH]c(=O)[nH]c4c3F)n2)cc1. The molecule has 2 amide bonds. The molecule has 0 atom stereocenters. The van der Waals surface area contributed by atoms with E-state index in [0.29, 0.717) is 11.5 Å². The van der Waals surface area contributed by atoms with Gasteiger partial charge in [-0.25, -0.2) is 18.6 Å². The summed E-state index contributed by atoms with van der Waals surface area (Å²) in [4.78, 5) is 62.0. The van der Waals surface area contributed by atoms with Gasteiger partial charge in [0.25, 0.3) is 17.4 Å². The summed E-state index contributed by atoms with van der Waals surface area (Å²) in [5.74, 6) is -2.76. The van der Waals surface area contributed by atoms with Crippen molar-refractivity contribution >= 4 is 28.5 Å². The summed E-state index contributed by atoms with van der Waals surface area (Å²) in [6, 6.07) is 21.4. The Morgan fingerprint density at radius 3 is 1.88 bits per heavy atom. The van der Waals surface area contributed by atoms with E-state index in [-0.39, 0.29) is 55.2 Å². The summed E-state index contributed by atoms with van der Waals surface area (Å²) >= 11 is 0. The molecule has 0 unspecified atom stereocenters. The molecule has 0 saturated heterocycles. The lowest BCUT2D eigenvalue weighted by Gasteiger charge is -2.27. The number of halogens is 5. The van der Waals surface area contributed by atoms with Crippen molar-refractivity contribution in [2.75, 3.05) is 38.8 Å². The van der Waals surface area contributed by atoms with Gasteiger partial charge in [0.05, 0.1) is 42.1 Å². The Hall–Kier alpha value is -6.88. The van der Waals surface area contributed by atoms with Crippen LogP contribution in [0.4, 0.5) is 27.8 Å². The fourth-order valence-corrected chi connectivity index (χ4v) is 7.31. The molecule has 12 nitrogen and oxygen atoms in total. The Kier molecular flexibility index (Phi) is 11.5. The maximum atomic E-state index is 17.0. The van der Waals surface area contributed by atoms with Gasteiger partial charge in [0.15, 0.2) is 5.82 Å². The number of hydrogen-bond acceptors (Lipinski definition) is 9. The minimum Gasteiger partial charge on any atom is -0.497 e. The van der Waals surface area contributed by atoms with Gasteiger partial charge in [-0.1, -0.05) is 36.4 Å². The number of nitrogens with one attached hydrogen (secondary N) is 3. The molecule has 4 aromatic carbocycles. The molecular formula is C43H37F5N6O6. The van der Waals surface area contributed by atoms with E-state index in [1.807, 2.05) is 9.97 Å². The summed E-state index contributed by atoms with van der Waals surface area (Å²) in [5, 5.41) is 2.03. The molecule has 1 aliphatic heterocycles. The molecule has 0 spiro atoms. The number of imide groups is 1. The van der Waals surface area contributed by atoms with Crippen LogP contribution >= 0.6 is 0 Å². The van der Waals surface area contributed by atoms with Gasteiger partial charge in [0.1, 0.15) is 28.5 Å². The zero-order valence-electron chi connectivity index (χ0n) is 32.4. The Morgan fingerprint density at radius 2 is 1.35 bits per heavy atom. The summed E-state index contributed by atoms with van der Waals surface area (Å²) < 4.78 is 89.7. The number of fused-ring (bicyclic) bond motifs is 2. The zero-order chi connectivity index (χ0) is 42.9. The lowest BCUT2D eigenvalue weighted by molar-refractivity contribution is -0.137. The molecule has 3 N–H and O–H groups in total. The highest BCUT2D eigenvalue weighted by atomic mass is 19.4. The van der Waals surface area contributed by atoms with Crippen molar-refractivity contribution in [1.82, 2.24) is 25.2 Å². The largest absolute Gasteiger partial charge is 0.497 e. The number of amides is 2. The van der Waals surface area contributed by atoms with Gasteiger partial charge in [-0.3, -0.25) is 24.3 Å². The number of methoxy groups -OCH3 is 2. The molecule has 17 heteroatoms. The smallest absolute Gasteiger partial charge is 0.418 e. The van der Waals surface area contributed by atoms with Gasteiger partial charge in [-0.15, -0.1) is 0 Å². The molecule has 60 heavy (non-hydrogen) atoms. The number of H-pyrrole nitrogens is 2. The molecular weight excluding hydrogens is 791 g/mol. The van der Waals surface area contributed by atoms with Crippen LogP contribution in [-0.2, 0) is 25.7 Å². The molecule has 310 valence electrons. The number of pyridine rings is 1. The number of nitrogens with zero attached hydrogens (tertiary/aromatic N) is 3. The molecule has 0 aliphatic carbocycles. The molecule has 0 bridgehead atoms. The first-order chi connectivity index (χ1) is 28.7. The van der Waals surface area contributed by atoms with Gasteiger partial charge in [-0.2, -0.15) is 13.2 Å². The van der Waals surface area contributed by atoms with Crippen LogP contribution in [-0.4, -0.2) is 65.5 Å². The van der Waals surface area contributed by atoms with Gasteiger partial charge in [0, 0.05) is 37.3 Å². The minimum absolute atomic E-state index is 0.0152. The number of rotatable bonds is 14. The monoisotopic (exact) mass is 828 g/mol. The third kappa shape index (κ3) is 8.07. The van der Waals surface area contributed by atoms with E-state index in [4.69, 9.17) is 9.47 Å². The average Bonchev–Trinajstić information content (AvgIpc) is 3.46. The van der Waals surface area contributed by atoms with E-state index >= 15 is 22.0 Å². The van der Waals surface area contributed by atoms with Crippen molar-refractivity contribution < 1.29 is 41.0 Å². The van der Waals surface area contributed by atoms with Gasteiger partial charge >= 0.3 is 11.9 Å². The topological polar surface area (TPSA) is 150 Å². The van der Waals surface area contributed by atoms with Crippen molar-refractivity contribution in [2.24, 2.45) is 0 Å². The number of benzene rings is 4. The number of aryl methyl sites for hydroxylation is 1. The second-order valence-corrected chi connectivity index (χ2v) is 14.0. The van der Waals surface area contributed by atoms with Crippen LogP contribution in [0.3, 0.4) is 0 Å². The molecule has 6 aromatic rings. The highest BCUT2D eigenvalue weighted by Crippen LogP contribution is 2.43. The number of hydrogen-bond donors (Lipinski definition) is 3. The van der Waals surface area contributed by atoms with Crippen molar-refractivity contribution in [1.29, 1.82) is 0 Å². The average molecular weight is 829 g/mol. The standard InChI is InChI=1S/C43H37F5N6O6/c1-23-20-31(53(21-24-8-12-26(59-2)13-9-24)22-25-10-14-27(60-3)15-11-25)50-37(34(23)43(46,47)48)32-30(35(44)33-38(36(32)45)51-42(58)52-39(33)55)16-17-49-18-19-54-40(56)28-6-4-5-7-29(28)41(54)57/h4-15,20,49H,16-19,21-22H2,1-3H3,(H2,51,52,55,58). The Morgan fingerprint density at radius 1 is 0.783 bits per heavy atom. The van der Waals surface area contributed by atoms with Crippen LogP contribution in [0.15, 0.2) is 88.5 Å². The van der Waals surface area contributed by atoms with Crippen LogP contribution in [0.25, 0.3) is 22.2 Å². The first-order valence-corrected chi connectivity index (χ1v) is 18.6. The second kappa shape index (κ2) is 16.8. The minimum atomic E-state index is -5.14. The molecule has 0 radical (unpaired) electrons. The summed E-state index contributed by atoms with van der Waals surface area (Å²) in [7, 11) is 3.01. The normalized spacial score (nSPS) is 12.6. The molecule has 0 saturated carbocycles. The number of ether oxygens (including phenoxy) is 2. The predicted molar refractivity (Wildman–Crippen MR) is 212 cm³/mol. The van der Waals surface area contributed by atoms with Crippen LogP contribution in [0.2, 0.25) is 0 Å². The third-order valence-electron chi connectivity index (χ3n) is 10.2. The quantitative estimate of drug-likeness (QED) is 0.0633. The van der Waals surface area contributed by atoms with Gasteiger partial charge in [0.2, 0.25) is 0 Å². The maximum Gasteiger partial charge on any atom is 0.418 e. The fraction of sp³-hybridized carbons (Fsp3) is 0.233. The summed E-state index contributed by atoms with van der Waals surface area (Å²) in [5.41, 5.74) is -5.75. The van der Waals surface area contributed by atoms with Crippen LogP contribution in [0, 0.1) is 18.6 Å². The highest BCUT2D eigenvalue weighted by Gasteiger charge is 2.40. The summed E-state index contributed by atoms with van der Waals surface area (Å²) in [6.45, 7) is 1.06. The predicted octanol–water partition coefficient (Wildman–Crippen LogP) is 6.54. The Bertz CT molecular complexity index is 2650. The van der Waals surface area contributed by atoms with Gasteiger partial charge in [-0.05, 0) is 79.0 Å².